The van der Waals surface area contributed by atoms with Crippen LogP contribution in [0, 0.1) is 17.2 Å². The van der Waals surface area contributed by atoms with Gasteiger partial charge in [-0.25, -0.2) is 4.67 Å². The first kappa shape index (κ1) is 26.9. The molecule has 0 aliphatic carbocycles. The highest BCUT2D eigenvalue weighted by Crippen LogP contribution is 2.42. The number of carbonyl (C=O) groups excluding carboxylic acids is 2. The normalized spacial score (nSPS) is 27.3. The molecule has 0 radical (unpaired) electrons. The number of nitrogens with one attached hydrogen (secondary N) is 1. The van der Waals surface area contributed by atoms with Crippen molar-refractivity contribution in [2.24, 2.45) is 5.92 Å². The Morgan fingerprint density at radius 2 is 1.88 bits per heavy atom. The van der Waals surface area contributed by atoms with Gasteiger partial charge in [0.15, 0.2) is 6.10 Å². The number of nitriles is 1. The summed E-state index contributed by atoms with van der Waals surface area (Å²) < 4.78 is 29.9. The third kappa shape index (κ3) is 7.91. The van der Waals surface area contributed by atoms with Gasteiger partial charge in [0, 0.05) is 20.6 Å². The van der Waals surface area contributed by atoms with E-state index in [1.54, 1.807) is 7.11 Å². The molecule has 2 fully saturated rings. The molecular formula is C21H36N3O7P. The van der Waals surface area contributed by atoms with Crippen LogP contribution in [0.1, 0.15) is 45.4 Å². The molecule has 0 saturated carbocycles. The fourth-order valence-corrected chi connectivity index (χ4v) is 5.09. The molecule has 4 unspecified atom stereocenters. The molecule has 1 N–H and O–H groups in total. The molecule has 1 amide bonds. The molecular weight excluding hydrogens is 437 g/mol. The quantitative estimate of drug-likeness (QED) is 0.217. The van der Waals surface area contributed by atoms with Crippen molar-refractivity contribution in [1.82, 2.24) is 9.99 Å². The topological polar surface area (TPSA) is 119 Å². The van der Waals surface area contributed by atoms with Crippen molar-refractivity contribution in [1.29, 1.82) is 5.26 Å². The lowest BCUT2D eigenvalue weighted by Gasteiger charge is -2.30. The summed E-state index contributed by atoms with van der Waals surface area (Å²) in [6.45, 7) is 2.93. The van der Waals surface area contributed by atoms with Crippen molar-refractivity contribution in [2.45, 2.75) is 69.9 Å². The molecule has 2 bridgehead atoms. The lowest BCUT2D eigenvalue weighted by Crippen LogP contribution is -2.49. The third-order valence-electron chi connectivity index (χ3n) is 5.45. The standard InChI is InChI=1S/C21H36N3O7P/c1-15(25)30-20-18-16(14-17(31-18)19(20)27-4)21(26)23-11-7-5-6-8-12-28-32(24(2)3)29-13-9-10-22/h16-20H,5-9,11-14H2,1-4H3,(H,23,26)/t16?,17?,18-,19?,20+,32?/m0/s1. The van der Waals surface area contributed by atoms with Gasteiger partial charge >= 0.3 is 5.97 Å². The number of hydrogen-bond donors (Lipinski definition) is 1. The summed E-state index contributed by atoms with van der Waals surface area (Å²) in [7, 11) is 4.24. The number of fused-ring (bicyclic) bond motifs is 2. The van der Waals surface area contributed by atoms with Gasteiger partial charge in [-0.3, -0.25) is 9.59 Å². The van der Waals surface area contributed by atoms with E-state index >= 15 is 0 Å². The van der Waals surface area contributed by atoms with Crippen LogP contribution in [0.15, 0.2) is 0 Å². The minimum absolute atomic E-state index is 0.0568. The predicted molar refractivity (Wildman–Crippen MR) is 117 cm³/mol. The maximum atomic E-state index is 12.6. The Kier molecular flexibility index (Phi) is 11.8. The fourth-order valence-electron chi connectivity index (χ4n) is 4.02. The number of carbonyl (C=O) groups is 2. The molecule has 32 heavy (non-hydrogen) atoms. The summed E-state index contributed by atoms with van der Waals surface area (Å²) in [5.41, 5.74) is 0. The molecule has 0 aromatic rings. The van der Waals surface area contributed by atoms with Crippen molar-refractivity contribution < 1.29 is 32.8 Å². The van der Waals surface area contributed by atoms with E-state index in [1.165, 1.54) is 6.92 Å². The van der Waals surface area contributed by atoms with Gasteiger partial charge < -0.3 is 28.6 Å². The maximum Gasteiger partial charge on any atom is 0.303 e. The number of methoxy groups -OCH3 is 1. The SMILES string of the molecule is COC1C2CC(C(=O)NCCCCCCOP(OCCC#N)N(C)C)[C@H](O2)[C@H]1OC(C)=O. The Morgan fingerprint density at radius 1 is 1.16 bits per heavy atom. The number of hydrogen-bond acceptors (Lipinski definition) is 9. The monoisotopic (exact) mass is 473 g/mol. The van der Waals surface area contributed by atoms with Crippen molar-refractivity contribution in [3.63, 3.8) is 0 Å². The molecule has 0 aromatic heterocycles. The van der Waals surface area contributed by atoms with Crippen LogP contribution >= 0.6 is 8.53 Å². The molecule has 11 heteroatoms. The Bertz CT molecular complexity index is 645. The minimum atomic E-state index is -1.12. The average Bonchev–Trinajstić information content (AvgIpc) is 3.32. The van der Waals surface area contributed by atoms with E-state index in [0.717, 1.165) is 25.7 Å². The van der Waals surface area contributed by atoms with Gasteiger partial charge in [0.1, 0.15) is 12.2 Å². The second kappa shape index (κ2) is 14.0. The first-order chi connectivity index (χ1) is 15.4. The van der Waals surface area contributed by atoms with Crippen LogP contribution in [0.2, 0.25) is 0 Å². The van der Waals surface area contributed by atoms with Gasteiger partial charge in [-0.15, -0.1) is 0 Å². The van der Waals surface area contributed by atoms with Crippen LogP contribution < -0.4 is 5.32 Å². The number of ether oxygens (including phenoxy) is 3. The Labute approximate surface area is 191 Å². The number of nitrogens with zero attached hydrogens (tertiary/aromatic N) is 2. The number of unbranched alkanes of at least 4 members (excludes halogenated alkanes) is 3. The van der Waals surface area contributed by atoms with Gasteiger partial charge in [0.05, 0.1) is 37.7 Å². The van der Waals surface area contributed by atoms with E-state index < -0.39 is 26.7 Å². The van der Waals surface area contributed by atoms with E-state index in [4.69, 9.17) is 28.5 Å². The molecule has 0 aromatic carbocycles. The van der Waals surface area contributed by atoms with E-state index in [-0.39, 0.29) is 24.0 Å². The zero-order chi connectivity index (χ0) is 23.5. The molecule has 2 saturated heterocycles. The van der Waals surface area contributed by atoms with Crippen LogP contribution in [0.3, 0.4) is 0 Å². The van der Waals surface area contributed by atoms with E-state index in [0.29, 0.717) is 32.6 Å². The first-order valence-electron chi connectivity index (χ1n) is 11.1. The van der Waals surface area contributed by atoms with E-state index in [1.807, 2.05) is 18.8 Å². The Balaban J connectivity index is 1.58. The lowest BCUT2D eigenvalue weighted by molar-refractivity contribution is -0.158. The highest BCUT2D eigenvalue weighted by Gasteiger charge is 2.58. The molecule has 0 spiro atoms. The highest BCUT2D eigenvalue weighted by atomic mass is 31.2. The van der Waals surface area contributed by atoms with Crippen LogP contribution in [-0.4, -0.2) is 81.9 Å². The third-order valence-corrected chi connectivity index (χ3v) is 6.91. The van der Waals surface area contributed by atoms with Gasteiger partial charge in [-0.1, -0.05) is 12.8 Å². The molecule has 2 aliphatic rings. The Morgan fingerprint density at radius 3 is 2.53 bits per heavy atom. The molecule has 6 atom stereocenters. The maximum absolute atomic E-state index is 12.6. The fraction of sp³-hybridized carbons (Fsp3) is 0.857. The first-order valence-corrected chi connectivity index (χ1v) is 12.2. The molecule has 2 heterocycles. The molecule has 10 nitrogen and oxygen atoms in total. The molecule has 2 rings (SSSR count). The second-order valence-electron chi connectivity index (χ2n) is 8.12. The van der Waals surface area contributed by atoms with Gasteiger partial charge in [-0.2, -0.15) is 5.26 Å². The number of amides is 1. The highest BCUT2D eigenvalue weighted by molar-refractivity contribution is 7.44. The van der Waals surface area contributed by atoms with Crippen molar-refractivity contribution in [3.05, 3.63) is 0 Å². The molecule has 182 valence electrons. The summed E-state index contributed by atoms with van der Waals surface area (Å²) in [5, 5.41) is 11.6. The van der Waals surface area contributed by atoms with Crippen molar-refractivity contribution in [3.8, 4) is 6.07 Å². The van der Waals surface area contributed by atoms with Gasteiger partial charge in [-0.05, 0) is 33.4 Å². The zero-order valence-electron chi connectivity index (χ0n) is 19.5. The lowest BCUT2D eigenvalue weighted by atomic mass is 9.84. The van der Waals surface area contributed by atoms with E-state index in [9.17, 15) is 9.59 Å². The summed E-state index contributed by atoms with van der Waals surface area (Å²) in [6, 6.07) is 2.05. The second-order valence-corrected chi connectivity index (χ2v) is 9.91. The van der Waals surface area contributed by atoms with Gasteiger partial charge in [0.2, 0.25) is 5.91 Å². The van der Waals surface area contributed by atoms with Crippen LogP contribution in [-0.2, 0) is 32.8 Å². The van der Waals surface area contributed by atoms with Crippen molar-refractivity contribution in [2.75, 3.05) is 41.0 Å². The van der Waals surface area contributed by atoms with E-state index in [2.05, 4.69) is 11.4 Å². The van der Waals surface area contributed by atoms with Crippen LogP contribution in [0.25, 0.3) is 0 Å². The summed E-state index contributed by atoms with van der Waals surface area (Å²) in [5.74, 6) is -0.780. The van der Waals surface area contributed by atoms with Crippen LogP contribution in [0.5, 0.6) is 0 Å². The summed E-state index contributed by atoms with van der Waals surface area (Å²) in [4.78, 5) is 24.0. The Hall–Kier alpha value is -1.34. The zero-order valence-corrected chi connectivity index (χ0v) is 20.3. The predicted octanol–water partition coefficient (Wildman–Crippen LogP) is 2.13. The number of rotatable bonds is 15. The average molecular weight is 474 g/mol. The largest absolute Gasteiger partial charge is 0.457 e. The summed E-state index contributed by atoms with van der Waals surface area (Å²) in [6.07, 6.45) is 3.16. The smallest absolute Gasteiger partial charge is 0.303 e. The van der Waals surface area contributed by atoms with Gasteiger partial charge in [0.25, 0.3) is 8.53 Å². The van der Waals surface area contributed by atoms with Crippen molar-refractivity contribution >= 4 is 20.4 Å². The minimum Gasteiger partial charge on any atom is -0.457 e. The van der Waals surface area contributed by atoms with Crippen LogP contribution in [0.4, 0.5) is 0 Å². The molecule has 2 aliphatic heterocycles. The number of esters is 1. The summed E-state index contributed by atoms with van der Waals surface area (Å²) >= 11 is 0.